The Bertz CT molecular complexity index is 547. The van der Waals surface area contributed by atoms with Gasteiger partial charge in [-0.25, -0.2) is 9.78 Å². The van der Waals surface area contributed by atoms with Gasteiger partial charge < -0.3 is 10.5 Å². The highest BCUT2D eigenvalue weighted by molar-refractivity contribution is 5.97. The number of pyridine rings is 1. The lowest BCUT2D eigenvalue weighted by molar-refractivity contribution is 0.0525. The molecular weight excluding hydrogens is 208 g/mol. The molecule has 6 nitrogen and oxygen atoms in total. The second-order valence-corrected chi connectivity index (χ2v) is 3.35. The van der Waals surface area contributed by atoms with Gasteiger partial charge in [0.25, 0.3) is 0 Å². The number of hydrogen-bond acceptors (Lipinski definition) is 5. The number of H-pyrrole nitrogens is 1. The molecule has 16 heavy (non-hydrogen) atoms. The molecule has 0 spiro atoms. The Morgan fingerprint density at radius 2 is 2.38 bits per heavy atom. The number of ether oxygens (including phenoxy) is 1. The summed E-state index contributed by atoms with van der Waals surface area (Å²) in [4.78, 5) is 15.8. The fourth-order valence-corrected chi connectivity index (χ4v) is 1.46. The molecule has 0 unspecified atom stereocenters. The molecule has 0 saturated heterocycles. The number of aryl methyl sites for hydroxylation is 1. The highest BCUT2D eigenvalue weighted by Crippen LogP contribution is 2.19. The summed E-state index contributed by atoms with van der Waals surface area (Å²) in [6.07, 6.45) is 0. The van der Waals surface area contributed by atoms with Crippen LogP contribution >= 0.6 is 0 Å². The minimum Gasteiger partial charge on any atom is -0.462 e. The zero-order valence-corrected chi connectivity index (χ0v) is 9.07. The van der Waals surface area contributed by atoms with Gasteiger partial charge in [0, 0.05) is 0 Å². The first-order valence-electron chi connectivity index (χ1n) is 4.91. The maximum atomic E-state index is 11.6. The second kappa shape index (κ2) is 3.80. The Hall–Kier alpha value is -2.11. The number of esters is 1. The molecule has 2 aromatic heterocycles. The topological polar surface area (TPSA) is 93.9 Å². The molecular formula is C10H12N4O2. The van der Waals surface area contributed by atoms with Gasteiger partial charge in [0.15, 0.2) is 5.65 Å². The van der Waals surface area contributed by atoms with Crippen molar-refractivity contribution in [3.63, 3.8) is 0 Å². The summed E-state index contributed by atoms with van der Waals surface area (Å²) in [5, 5.41) is 7.16. The van der Waals surface area contributed by atoms with Crippen molar-refractivity contribution >= 4 is 22.8 Å². The summed E-state index contributed by atoms with van der Waals surface area (Å²) in [5.41, 5.74) is 7.16. The Balaban J connectivity index is 2.56. The molecule has 0 fully saturated rings. The van der Waals surface area contributed by atoms with Gasteiger partial charge in [-0.3, -0.25) is 5.10 Å². The van der Waals surface area contributed by atoms with Gasteiger partial charge in [-0.05, 0) is 19.9 Å². The zero-order chi connectivity index (χ0) is 11.7. The van der Waals surface area contributed by atoms with E-state index in [0.29, 0.717) is 34.7 Å². The van der Waals surface area contributed by atoms with E-state index in [2.05, 4.69) is 15.2 Å². The first kappa shape index (κ1) is 10.4. The maximum absolute atomic E-state index is 11.6. The number of aromatic amines is 1. The highest BCUT2D eigenvalue weighted by Gasteiger charge is 2.14. The predicted molar refractivity (Wildman–Crippen MR) is 59.0 cm³/mol. The lowest BCUT2D eigenvalue weighted by Crippen LogP contribution is -2.07. The molecule has 0 bridgehead atoms. The number of nitrogens with one attached hydrogen (secondary N) is 1. The molecule has 0 aliphatic heterocycles. The van der Waals surface area contributed by atoms with Gasteiger partial charge >= 0.3 is 5.97 Å². The second-order valence-electron chi connectivity index (χ2n) is 3.35. The maximum Gasteiger partial charge on any atom is 0.339 e. The zero-order valence-electron chi connectivity index (χ0n) is 9.07. The summed E-state index contributed by atoms with van der Waals surface area (Å²) < 4.78 is 4.92. The lowest BCUT2D eigenvalue weighted by Gasteiger charge is -2.04. The average molecular weight is 220 g/mol. The molecule has 2 rings (SSSR count). The largest absolute Gasteiger partial charge is 0.462 e. The van der Waals surface area contributed by atoms with Crippen molar-refractivity contribution in [2.24, 2.45) is 0 Å². The van der Waals surface area contributed by atoms with E-state index in [-0.39, 0.29) is 0 Å². The standard InChI is InChI=1S/C10H12N4O2/c1-3-16-10(15)6-4-7-8(11)13-14-9(7)12-5(6)2/h4H,3H2,1-2H3,(H3,11,12,13,14). The van der Waals surface area contributed by atoms with E-state index >= 15 is 0 Å². The molecule has 84 valence electrons. The monoisotopic (exact) mass is 220 g/mol. The van der Waals surface area contributed by atoms with Crippen molar-refractivity contribution in [2.45, 2.75) is 13.8 Å². The Morgan fingerprint density at radius 1 is 1.62 bits per heavy atom. The van der Waals surface area contributed by atoms with E-state index < -0.39 is 5.97 Å². The van der Waals surface area contributed by atoms with Crippen molar-refractivity contribution < 1.29 is 9.53 Å². The Kier molecular flexibility index (Phi) is 2.47. The summed E-state index contributed by atoms with van der Waals surface area (Å²) in [6, 6.07) is 1.65. The minimum absolute atomic E-state index is 0.331. The van der Waals surface area contributed by atoms with Crippen LogP contribution in [0.4, 0.5) is 5.82 Å². The average Bonchev–Trinajstić information content (AvgIpc) is 2.59. The fraction of sp³-hybridized carbons (Fsp3) is 0.300. The van der Waals surface area contributed by atoms with Crippen LogP contribution < -0.4 is 5.73 Å². The smallest absolute Gasteiger partial charge is 0.339 e. The third-order valence-corrected chi connectivity index (χ3v) is 2.26. The first-order valence-corrected chi connectivity index (χ1v) is 4.91. The van der Waals surface area contributed by atoms with Crippen molar-refractivity contribution in [3.05, 3.63) is 17.3 Å². The van der Waals surface area contributed by atoms with E-state index in [0.717, 1.165) is 0 Å². The van der Waals surface area contributed by atoms with Crippen LogP contribution in [0.15, 0.2) is 6.07 Å². The summed E-state index contributed by atoms with van der Waals surface area (Å²) in [6.45, 7) is 3.82. The SMILES string of the molecule is CCOC(=O)c1cc2c(N)[nH]nc2nc1C. The number of nitrogens with zero attached hydrogens (tertiary/aromatic N) is 2. The van der Waals surface area contributed by atoms with Gasteiger partial charge in [0.05, 0.1) is 23.3 Å². The molecule has 2 heterocycles. The minimum atomic E-state index is -0.394. The van der Waals surface area contributed by atoms with Gasteiger partial charge in [-0.2, -0.15) is 5.10 Å². The van der Waals surface area contributed by atoms with Crippen LogP contribution in [-0.4, -0.2) is 27.8 Å². The number of nitrogen functional groups attached to an aromatic ring is 1. The molecule has 3 N–H and O–H groups in total. The van der Waals surface area contributed by atoms with Crippen LogP contribution in [0.3, 0.4) is 0 Å². The van der Waals surface area contributed by atoms with E-state index in [1.165, 1.54) is 0 Å². The number of carbonyl (C=O) groups is 1. The number of aromatic nitrogens is 3. The highest BCUT2D eigenvalue weighted by atomic mass is 16.5. The first-order chi connectivity index (χ1) is 7.63. The summed E-state index contributed by atoms with van der Waals surface area (Å²) in [7, 11) is 0. The van der Waals surface area contributed by atoms with Crippen molar-refractivity contribution in [2.75, 3.05) is 12.3 Å². The Morgan fingerprint density at radius 3 is 3.06 bits per heavy atom. The number of anilines is 1. The third-order valence-electron chi connectivity index (χ3n) is 2.26. The van der Waals surface area contributed by atoms with Crippen molar-refractivity contribution in [3.8, 4) is 0 Å². The van der Waals surface area contributed by atoms with Crippen LogP contribution in [0.1, 0.15) is 23.0 Å². The van der Waals surface area contributed by atoms with E-state index in [1.807, 2.05) is 0 Å². The van der Waals surface area contributed by atoms with Crippen LogP contribution in [0.25, 0.3) is 11.0 Å². The van der Waals surface area contributed by atoms with Crippen LogP contribution in [0, 0.1) is 6.92 Å². The number of carbonyl (C=O) groups excluding carboxylic acids is 1. The number of nitrogens with two attached hydrogens (primary N) is 1. The fourth-order valence-electron chi connectivity index (χ4n) is 1.46. The van der Waals surface area contributed by atoms with Crippen LogP contribution in [0.5, 0.6) is 0 Å². The van der Waals surface area contributed by atoms with Crippen molar-refractivity contribution in [1.82, 2.24) is 15.2 Å². The molecule has 0 aliphatic rings. The van der Waals surface area contributed by atoms with E-state index in [1.54, 1.807) is 19.9 Å². The molecule has 0 radical (unpaired) electrons. The number of rotatable bonds is 2. The summed E-state index contributed by atoms with van der Waals surface area (Å²) >= 11 is 0. The number of hydrogen-bond donors (Lipinski definition) is 2. The molecule has 6 heteroatoms. The van der Waals surface area contributed by atoms with Gasteiger partial charge in [-0.15, -0.1) is 0 Å². The van der Waals surface area contributed by atoms with E-state index in [4.69, 9.17) is 10.5 Å². The molecule has 0 amide bonds. The molecule has 0 saturated carbocycles. The summed E-state index contributed by atoms with van der Waals surface area (Å²) in [5.74, 6) is 0.00282. The molecule has 0 atom stereocenters. The van der Waals surface area contributed by atoms with Crippen LogP contribution in [0.2, 0.25) is 0 Å². The van der Waals surface area contributed by atoms with Crippen LogP contribution in [-0.2, 0) is 4.74 Å². The normalized spacial score (nSPS) is 10.6. The molecule has 2 aromatic rings. The van der Waals surface area contributed by atoms with Crippen molar-refractivity contribution in [1.29, 1.82) is 0 Å². The third kappa shape index (κ3) is 1.58. The predicted octanol–water partition coefficient (Wildman–Crippen LogP) is 1.03. The van der Waals surface area contributed by atoms with E-state index in [9.17, 15) is 4.79 Å². The van der Waals surface area contributed by atoms with Gasteiger partial charge in [0.1, 0.15) is 5.82 Å². The molecule has 0 aromatic carbocycles. The Labute approximate surface area is 91.8 Å². The quantitative estimate of drug-likeness (QED) is 0.737. The number of fused-ring (bicyclic) bond motifs is 1. The van der Waals surface area contributed by atoms with Gasteiger partial charge in [0.2, 0.25) is 0 Å². The molecule has 0 aliphatic carbocycles. The lowest BCUT2D eigenvalue weighted by atomic mass is 10.1. The van der Waals surface area contributed by atoms with Gasteiger partial charge in [-0.1, -0.05) is 0 Å².